The fourth-order valence-corrected chi connectivity index (χ4v) is 2.43. The molecule has 0 aliphatic rings. The van der Waals surface area contributed by atoms with E-state index >= 15 is 0 Å². The summed E-state index contributed by atoms with van der Waals surface area (Å²) in [4.78, 5) is 20.8. The van der Waals surface area contributed by atoms with Crippen LogP contribution < -0.4 is 15.4 Å². The molecule has 132 valence electrons. The third-order valence-corrected chi connectivity index (χ3v) is 3.79. The molecule has 1 amide bonds. The Balaban J connectivity index is 1.70. The van der Waals surface area contributed by atoms with Gasteiger partial charge in [-0.3, -0.25) is 4.79 Å². The summed E-state index contributed by atoms with van der Waals surface area (Å²) < 4.78 is 5.50. The molecule has 3 aromatic rings. The van der Waals surface area contributed by atoms with Gasteiger partial charge in [0.1, 0.15) is 17.3 Å². The van der Waals surface area contributed by atoms with Crippen molar-refractivity contribution in [2.24, 2.45) is 0 Å². The number of aromatic nitrogens is 2. The Kier molecular flexibility index (Phi) is 5.66. The van der Waals surface area contributed by atoms with Crippen LogP contribution in [0.15, 0.2) is 60.9 Å². The largest absolute Gasteiger partial charge is 0.492 e. The molecule has 26 heavy (non-hydrogen) atoms. The highest BCUT2D eigenvalue weighted by molar-refractivity contribution is 6.33. The number of hydrogen-bond donors (Lipinski definition) is 2. The van der Waals surface area contributed by atoms with Crippen molar-refractivity contribution < 1.29 is 9.53 Å². The van der Waals surface area contributed by atoms with Gasteiger partial charge in [0.25, 0.3) is 5.91 Å². The van der Waals surface area contributed by atoms with Crippen LogP contribution in [0.2, 0.25) is 5.02 Å². The van der Waals surface area contributed by atoms with E-state index in [1.165, 1.54) is 12.4 Å². The summed E-state index contributed by atoms with van der Waals surface area (Å²) in [6.07, 6.45) is 2.88. The molecule has 1 aromatic heterocycles. The van der Waals surface area contributed by atoms with Crippen LogP contribution in [-0.2, 0) is 0 Å². The Morgan fingerprint density at radius 2 is 1.77 bits per heavy atom. The zero-order valence-corrected chi connectivity index (χ0v) is 14.8. The second-order valence-corrected chi connectivity index (χ2v) is 5.68. The van der Waals surface area contributed by atoms with Gasteiger partial charge >= 0.3 is 0 Å². The van der Waals surface area contributed by atoms with Crippen molar-refractivity contribution in [1.29, 1.82) is 0 Å². The van der Waals surface area contributed by atoms with Gasteiger partial charge in [-0.1, -0.05) is 35.9 Å². The monoisotopic (exact) mass is 368 g/mol. The summed E-state index contributed by atoms with van der Waals surface area (Å²) in [5.74, 6) is 0.728. The van der Waals surface area contributed by atoms with Crippen LogP contribution in [0.4, 0.5) is 17.2 Å². The van der Waals surface area contributed by atoms with E-state index in [4.69, 9.17) is 16.3 Å². The lowest BCUT2D eigenvalue weighted by Crippen LogP contribution is -2.15. The molecule has 0 aliphatic carbocycles. The van der Waals surface area contributed by atoms with E-state index in [0.717, 1.165) is 0 Å². The van der Waals surface area contributed by atoms with Crippen molar-refractivity contribution in [1.82, 2.24) is 9.97 Å². The smallest absolute Gasteiger partial charge is 0.275 e. The quantitative estimate of drug-likeness (QED) is 0.668. The van der Waals surface area contributed by atoms with Gasteiger partial charge in [-0.05, 0) is 31.2 Å². The number of carbonyl (C=O) groups excluding carboxylic acids is 1. The van der Waals surface area contributed by atoms with Gasteiger partial charge < -0.3 is 15.4 Å². The minimum absolute atomic E-state index is 0.195. The molecule has 0 spiro atoms. The molecule has 2 N–H and O–H groups in total. The standard InChI is InChI=1S/C19H17ClN4O2/c1-2-26-17-10-6-5-9-15(17)24-19(25)16-11-22-18(12-21-16)23-14-8-4-3-7-13(14)20/h3-12H,2H2,1H3,(H,22,23)(H,24,25). The highest BCUT2D eigenvalue weighted by atomic mass is 35.5. The predicted molar refractivity (Wildman–Crippen MR) is 102 cm³/mol. The lowest BCUT2D eigenvalue weighted by molar-refractivity contribution is 0.102. The molecule has 0 fully saturated rings. The minimum Gasteiger partial charge on any atom is -0.492 e. The average Bonchev–Trinajstić information content (AvgIpc) is 2.66. The summed E-state index contributed by atoms with van der Waals surface area (Å²) in [7, 11) is 0. The van der Waals surface area contributed by atoms with Crippen LogP contribution in [0.5, 0.6) is 5.75 Å². The number of ether oxygens (including phenoxy) is 1. The number of nitrogens with one attached hydrogen (secondary N) is 2. The molecule has 0 atom stereocenters. The van der Waals surface area contributed by atoms with Crippen molar-refractivity contribution in [3.63, 3.8) is 0 Å². The molecule has 0 saturated heterocycles. The predicted octanol–water partition coefficient (Wildman–Crippen LogP) is 4.52. The summed E-state index contributed by atoms with van der Waals surface area (Å²) in [5.41, 5.74) is 1.49. The highest BCUT2D eigenvalue weighted by Gasteiger charge is 2.12. The molecule has 0 radical (unpaired) electrons. The Labute approximate surface area is 156 Å². The number of carbonyl (C=O) groups is 1. The number of anilines is 3. The normalized spacial score (nSPS) is 10.2. The van der Waals surface area contributed by atoms with Gasteiger partial charge in [-0.2, -0.15) is 0 Å². The van der Waals surface area contributed by atoms with Crippen molar-refractivity contribution in [3.05, 3.63) is 71.6 Å². The zero-order valence-electron chi connectivity index (χ0n) is 14.1. The van der Waals surface area contributed by atoms with Crippen LogP contribution in [0.1, 0.15) is 17.4 Å². The second kappa shape index (κ2) is 8.31. The van der Waals surface area contributed by atoms with Crippen LogP contribution in [0.25, 0.3) is 0 Å². The molecular weight excluding hydrogens is 352 g/mol. The summed E-state index contributed by atoms with van der Waals surface area (Å²) in [6, 6.07) is 14.5. The maximum atomic E-state index is 12.4. The molecule has 0 unspecified atom stereocenters. The molecule has 1 heterocycles. The lowest BCUT2D eigenvalue weighted by Gasteiger charge is -2.11. The highest BCUT2D eigenvalue weighted by Crippen LogP contribution is 2.25. The fraction of sp³-hybridized carbons (Fsp3) is 0.105. The molecule has 2 aromatic carbocycles. The number of halogens is 1. The van der Waals surface area contributed by atoms with E-state index in [1.807, 2.05) is 37.3 Å². The van der Waals surface area contributed by atoms with Crippen LogP contribution >= 0.6 is 11.6 Å². The Bertz CT molecular complexity index is 900. The van der Waals surface area contributed by atoms with E-state index in [-0.39, 0.29) is 11.6 Å². The molecule has 3 rings (SSSR count). The van der Waals surface area contributed by atoms with Gasteiger partial charge in [0, 0.05) is 0 Å². The fourth-order valence-electron chi connectivity index (χ4n) is 2.25. The van der Waals surface area contributed by atoms with Crippen LogP contribution in [0, 0.1) is 0 Å². The third-order valence-electron chi connectivity index (χ3n) is 3.46. The van der Waals surface area contributed by atoms with Crippen molar-refractivity contribution in [2.75, 3.05) is 17.2 Å². The first-order valence-electron chi connectivity index (χ1n) is 8.04. The Morgan fingerprint density at radius 1 is 1.04 bits per heavy atom. The van der Waals surface area contributed by atoms with Crippen LogP contribution in [-0.4, -0.2) is 22.5 Å². The van der Waals surface area contributed by atoms with E-state index in [0.29, 0.717) is 34.6 Å². The van der Waals surface area contributed by atoms with Crippen molar-refractivity contribution >= 4 is 34.7 Å². The molecule has 0 bridgehead atoms. The maximum absolute atomic E-state index is 12.4. The molecule has 6 nitrogen and oxygen atoms in total. The number of amides is 1. The van der Waals surface area contributed by atoms with E-state index < -0.39 is 0 Å². The first kappa shape index (κ1) is 17.7. The lowest BCUT2D eigenvalue weighted by atomic mass is 10.3. The summed E-state index contributed by atoms with van der Waals surface area (Å²) in [6.45, 7) is 2.39. The topological polar surface area (TPSA) is 76.1 Å². The number of nitrogens with zero attached hydrogens (tertiary/aromatic N) is 2. The molecular formula is C19H17ClN4O2. The summed E-state index contributed by atoms with van der Waals surface area (Å²) in [5, 5.41) is 6.41. The van der Waals surface area contributed by atoms with Crippen molar-refractivity contribution in [3.8, 4) is 5.75 Å². The second-order valence-electron chi connectivity index (χ2n) is 5.28. The van der Waals surface area contributed by atoms with Gasteiger partial charge in [0.15, 0.2) is 0 Å². The minimum atomic E-state index is -0.367. The number of para-hydroxylation sites is 3. The van der Waals surface area contributed by atoms with Gasteiger partial charge in [-0.25, -0.2) is 9.97 Å². The number of hydrogen-bond acceptors (Lipinski definition) is 5. The van der Waals surface area contributed by atoms with Gasteiger partial charge in [-0.15, -0.1) is 0 Å². The first-order chi connectivity index (χ1) is 12.7. The molecule has 0 aliphatic heterocycles. The van der Waals surface area contributed by atoms with E-state index in [2.05, 4.69) is 20.6 Å². The molecule has 7 heteroatoms. The zero-order chi connectivity index (χ0) is 18.4. The van der Waals surface area contributed by atoms with Crippen LogP contribution in [0.3, 0.4) is 0 Å². The Hall–Kier alpha value is -3.12. The first-order valence-corrected chi connectivity index (χ1v) is 8.42. The van der Waals surface area contributed by atoms with Crippen molar-refractivity contribution in [2.45, 2.75) is 6.92 Å². The average molecular weight is 369 g/mol. The maximum Gasteiger partial charge on any atom is 0.275 e. The summed E-state index contributed by atoms with van der Waals surface area (Å²) >= 11 is 6.10. The number of benzene rings is 2. The number of rotatable bonds is 6. The third kappa shape index (κ3) is 4.29. The van der Waals surface area contributed by atoms with Gasteiger partial charge in [0.2, 0.25) is 0 Å². The molecule has 0 saturated carbocycles. The van der Waals surface area contributed by atoms with E-state index in [9.17, 15) is 4.79 Å². The van der Waals surface area contributed by atoms with Gasteiger partial charge in [0.05, 0.1) is 35.4 Å². The SMILES string of the molecule is CCOc1ccccc1NC(=O)c1cnc(Nc2ccccc2Cl)cn1. The van der Waals surface area contributed by atoms with E-state index in [1.54, 1.807) is 18.2 Å². The Morgan fingerprint density at radius 3 is 2.46 bits per heavy atom.